The lowest BCUT2D eigenvalue weighted by Crippen LogP contribution is -2.42. The third kappa shape index (κ3) is 3.18. The summed E-state index contributed by atoms with van der Waals surface area (Å²) in [7, 11) is 0. The fourth-order valence-electron chi connectivity index (χ4n) is 3.11. The number of carbonyl (C=O) groups is 2. The van der Waals surface area contributed by atoms with Gasteiger partial charge in [0.05, 0.1) is 5.56 Å². The molecule has 0 radical (unpaired) electrons. The minimum Gasteiger partial charge on any atom is -0.466 e. The lowest BCUT2D eigenvalue weighted by molar-refractivity contribution is 0.0634. The molecule has 3 heterocycles. The van der Waals surface area contributed by atoms with E-state index < -0.39 is 0 Å². The second-order valence-electron chi connectivity index (χ2n) is 6.00. The molecular weight excluding hydrogens is 292 g/mol. The molecule has 1 fully saturated rings. The molecule has 23 heavy (non-hydrogen) atoms. The first-order valence-corrected chi connectivity index (χ1v) is 7.88. The van der Waals surface area contributed by atoms with Crippen molar-refractivity contribution in [2.75, 3.05) is 13.1 Å². The Morgan fingerprint density at radius 1 is 1.30 bits per heavy atom. The fraction of sp³-hybridized carbons (Fsp3) is 0.389. The summed E-state index contributed by atoms with van der Waals surface area (Å²) in [6.07, 6.45) is 3.24. The topological polar surface area (TPSA) is 63.4 Å². The van der Waals surface area contributed by atoms with Gasteiger partial charge >= 0.3 is 0 Å². The van der Waals surface area contributed by atoms with E-state index in [1.54, 1.807) is 36.2 Å². The molecule has 120 valence electrons. The molecule has 0 saturated carbocycles. The Labute approximate surface area is 135 Å². The van der Waals surface area contributed by atoms with Crippen LogP contribution in [0.1, 0.15) is 45.2 Å². The lowest BCUT2D eigenvalue weighted by atomic mass is 9.91. The third-order valence-corrected chi connectivity index (χ3v) is 4.27. The maximum absolute atomic E-state index is 12.7. The van der Waals surface area contributed by atoms with E-state index in [1.165, 1.54) is 0 Å². The largest absolute Gasteiger partial charge is 0.466 e. The standard InChI is InChI=1S/C18H20N2O3/c1-12-10-15(13(2)23-12)18(22)20-9-5-6-14(11-20)17(21)16-7-3-4-8-19-16/h3-4,7-8,10,14H,5-6,9,11H2,1-2H3. The van der Waals surface area contributed by atoms with Crippen LogP contribution < -0.4 is 0 Å². The van der Waals surface area contributed by atoms with Crippen molar-refractivity contribution >= 4 is 11.7 Å². The molecule has 3 rings (SSSR count). The number of piperidine rings is 1. The van der Waals surface area contributed by atoms with E-state index in [1.807, 2.05) is 13.0 Å². The van der Waals surface area contributed by atoms with Gasteiger partial charge in [0.1, 0.15) is 17.2 Å². The van der Waals surface area contributed by atoms with Crippen LogP contribution in [0.25, 0.3) is 0 Å². The molecule has 1 atom stereocenters. The minimum absolute atomic E-state index is 0.0168. The zero-order valence-corrected chi connectivity index (χ0v) is 13.4. The number of hydrogen-bond donors (Lipinski definition) is 0. The van der Waals surface area contributed by atoms with Crippen LogP contribution in [0.15, 0.2) is 34.9 Å². The Kier molecular flexibility index (Phi) is 4.28. The number of pyridine rings is 1. The first-order valence-electron chi connectivity index (χ1n) is 7.88. The Morgan fingerprint density at radius 3 is 2.78 bits per heavy atom. The van der Waals surface area contributed by atoms with Crippen molar-refractivity contribution in [1.29, 1.82) is 0 Å². The highest BCUT2D eigenvalue weighted by atomic mass is 16.3. The molecule has 5 nitrogen and oxygen atoms in total. The molecule has 1 unspecified atom stereocenters. The number of carbonyl (C=O) groups excluding carboxylic acids is 2. The van der Waals surface area contributed by atoms with E-state index in [-0.39, 0.29) is 17.6 Å². The van der Waals surface area contributed by atoms with Crippen molar-refractivity contribution < 1.29 is 14.0 Å². The summed E-state index contributed by atoms with van der Waals surface area (Å²) in [5.41, 5.74) is 1.07. The van der Waals surface area contributed by atoms with Crippen LogP contribution in [0.3, 0.4) is 0 Å². The zero-order chi connectivity index (χ0) is 16.4. The molecule has 1 amide bonds. The Hall–Kier alpha value is -2.43. The van der Waals surface area contributed by atoms with Crippen LogP contribution >= 0.6 is 0 Å². The number of amides is 1. The average molecular weight is 312 g/mol. The van der Waals surface area contributed by atoms with E-state index in [2.05, 4.69) is 4.98 Å². The quantitative estimate of drug-likeness (QED) is 0.817. The number of hydrogen-bond acceptors (Lipinski definition) is 4. The second kappa shape index (κ2) is 6.36. The van der Waals surface area contributed by atoms with Gasteiger partial charge in [-0.2, -0.15) is 0 Å². The third-order valence-electron chi connectivity index (χ3n) is 4.27. The van der Waals surface area contributed by atoms with Gasteiger partial charge in [0.15, 0.2) is 5.78 Å². The highest BCUT2D eigenvalue weighted by Crippen LogP contribution is 2.23. The maximum Gasteiger partial charge on any atom is 0.257 e. The predicted octanol–water partition coefficient (Wildman–Crippen LogP) is 3.03. The van der Waals surface area contributed by atoms with Gasteiger partial charge in [-0.1, -0.05) is 6.07 Å². The van der Waals surface area contributed by atoms with E-state index in [0.29, 0.717) is 30.1 Å². The normalized spacial score (nSPS) is 18.0. The molecule has 0 aliphatic carbocycles. The summed E-state index contributed by atoms with van der Waals surface area (Å²) in [4.78, 5) is 31.1. The van der Waals surface area contributed by atoms with Crippen molar-refractivity contribution in [3.63, 3.8) is 0 Å². The first-order chi connectivity index (χ1) is 11.1. The van der Waals surface area contributed by atoms with Gasteiger partial charge in [-0.15, -0.1) is 0 Å². The predicted molar refractivity (Wildman–Crippen MR) is 85.4 cm³/mol. The summed E-state index contributed by atoms with van der Waals surface area (Å²) in [6, 6.07) is 7.09. The van der Waals surface area contributed by atoms with Crippen LogP contribution in [-0.4, -0.2) is 34.7 Å². The Balaban J connectivity index is 1.74. The van der Waals surface area contributed by atoms with Gasteiger partial charge in [-0.25, -0.2) is 0 Å². The van der Waals surface area contributed by atoms with Crippen LogP contribution in [-0.2, 0) is 0 Å². The van der Waals surface area contributed by atoms with Crippen molar-refractivity contribution in [1.82, 2.24) is 9.88 Å². The molecule has 0 bridgehead atoms. The number of ketones is 1. The first kappa shape index (κ1) is 15.5. The number of Topliss-reactive ketones (excluding diaryl/α,β-unsaturated/α-hetero) is 1. The SMILES string of the molecule is Cc1cc(C(=O)N2CCCC(C(=O)c3ccccn3)C2)c(C)o1. The summed E-state index contributed by atoms with van der Waals surface area (Å²) in [6.45, 7) is 4.74. The molecule has 5 heteroatoms. The fourth-order valence-corrected chi connectivity index (χ4v) is 3.11. The van der Waals surface area contributed by atoms with E-state index in [0.717, 1.165) is 18.6 Å². The lowest BCUT2D eigenvalue weighted by Gasteiger charge is -2.31. The molecule has 1 aliphatic heterocycles. The van der Waals surface area contributed by atoms with Gasteiger partial charge in [0.25, 0.3) is 5.91 Å². The van der Waals surface area contributed by atoms with Gasteiger partial charge in [-0.05, 0) is 44.9 Å². The van der Waals surface area contributed by atoms with Crippen molar-refractivity contribution in [2.24, 2.45) is 5.92 Å². The van der Waals surface area contributed by atoms with Crippen LogP contribution in [0.4, 0.5) is 0 Å². The zero-order valence-electron chi connectivity index (χ0n) is 13.4. The number of furan rings is 1. The molecule has 2 aromatic rings. The van der Waals surface area contributed by atoms with Gasteiger partial charge < -0.3 is 9.32 Å². The van der Waals surface area contributed by atoms with Gasteiger partial charge in [-0.3, -0.25) is 14.6 Å². The van der Waals surface area contributed by atoms with Crippen molar-refractivity contribution in [2.45, 2.75) is 26.7 Å². The highest BCUT2D eigenvalue weighted by molar-refractivity contribution is 5.98. The van der Waals surface area contributed by atoms with Gasteiger partial charge in [0.2, 0.25) is 0 Å². The highest BCUT2D eigenvalue weighted by Gasteiger charge is 2.31. The monoisotopic (exact) mass is 312 g/mol. The van der Waals surface area contributed by atoms with Crippen LogP contribution in [0, 0.1) is 19.8 Å². The number of nitrogens with zero attached hydrogens (tertiary/aromatic N) is 2. The Bertz CT molecular complexity index is 721. The average Bonchev–Trinajstić information content (AvgIpc) is 2.93. The molecule has 0 N–H and O–H groups in total. The van der Waals surface area contributed by atoms with E-state index in [4.69, 9.17) is 4.42 Å². The van der Waals surface area contributed by atoms with Crippen LogP contribution in [0.2, 0.25) is 0 Å². The number of aryl methyl sites for hydroxylation is 2. The summed E-state index contributed by atoms with van der Waals surface area (Å²) in [5, 5.41) is 0. The summed E-state index contributed by atoms with van der Waals surface area (Å²) < 4.78 is 5.45. The second-order valence-corrected chi connectivity index (χ2v) is 6.00. The van der Waals surface area contributed by atoms with Crippen molar-refractivity contribution in [3.8, 4) is 0 Å². The maximum atomic E-state index is 12.7. The molecule has 1 saturated heterocycles. The molecular formula is C18H20N2O3. The minimum atomic E-state index is -0.184. The summed E-state index contributed by atoms with van der Waals surface area (Å²) in [5.74, 6) is 1.13. The molecule has 0 aromatic carbocycles. The number of likely N-dealkylation sites (tertiary alicyclic amines) is 1. The van der Waals surface area contributed by atoms with Crippen LogP contribution in [0.5, 0.6) is 0 Å². The number of rotatable bonds is 3. The summed E-state index contributed by atoms with van der Waals surface area (Å²) >= 11 is 0. The molecule has 2 aromatic heterocycles. The molecule has 0 spiro atoms. The van der Waals surface area contributed by atoms with Crippen molar-refractivity contribution in [3.05, 3.63) is 53.2 Å². The Morgan fingerprint density at radius 2 is 2.13 bits per heavy atom. The van der Waals surface area contributed by atoms with Gasteiger partial charge in [0, 0.05) is 25.2 Å². The smallest absolute Gasteiger partial charge is 0.257 e. The van der Waals surface area contributed by atoms with E-state index >= 15 is 0 Å². The number of aromatic nitrogens is 1. The molecule has 1 aliphatic rings. The van der Waals surface area contributed by atoms with E-state index in [9.17, 15) is 9.59 Å².